The third kappa shape index (κ3) is 7.42. The first kappa shape index (κ1) is 22.2. The first-order valence-corrected chi connectivity index (χ1v) is 9.25. The van der Waals surface area contributed by atoms with Crippen LogP contribution in [0.2, 0.25) is 0 Å². The van der Waals surface area contributed by atoms with Gasteiger partial charge in [0.2, 0.25) is 5.91 Å². The molecule has 0 aliphatic heterocycles. The molecule has 2 amide bonds. The quantitative estimate of drug-likeness (QED) is 0.543. The molecule has 0 aromatic heterocycles. The lowest BCUT2D eigenvalue weighted by molar-refractivity contribution is -0.870. The SMILES string of the molecule is COc1ccc(CC[NH+](C)CC(=O)NCC(=O)Nc2ccc(F)cc2)cc1OC. The Labute approximate surface area is 169 Å². The molecule has 0 aliphatic rings. The first-order valence-electron chi connectivity index (χ1n) is 9.25. The van der Waals surface area contributed by atoms with E-state index in [1.165, 1.54) is 24.3 Å². The largest absolute Gasteiger partial charge is 0.493 e. The van der Waals surface area contributed by atoms with Gasteiger partial charge in [-0.3, -0.25) is 9.59 Å². The lowest BCUT2D eigenvalue weighted by Gasteiger charge is -2.15. The molecule has 0 saturated carbocycles. The van der Waals surface area contributed by atoms with E-state index in [0.717, 1.165) is 23.4 Å². The van der Waals surface area contributed by atoms with E-state index in [0.29, 0.717) is 17.2 Å². The Morgan fingerprint density at radius 1 is 1.00 bits per heavy atom. The van der Waals surface area contributed by atoms with Gasteiger partial charge in [-0.15, -0.1) is 0 Å². The second-order valence-electron chi connectivity index (χ2n) is 6.66. The highest BCUT2D eigenvalue weighted by atomic mass is 19.1. The van der Waals surface area contributed by atoms with Crippen molar-refractivity contribution in [1.29, 1.82) is 0 Å². The molecular weight excluding hydrogens is 377 g/mol. The zero-order chi connectivity index (χ0) is 21.2. The van der Waals surface area contributed by atoms with E-state index in [9.17, 15) is 14.0 Å². The normalized spacial score (nSPS) is 11.4. The summed E-state index contributed by atoms with van der Waals surface area (Å²) in [5.74, 6) is 0.384. The van der Waals surface area contributed by atoms with Crippen LogP contribution in [0, 0.1) is 5.82 Å². The highest BCUT2D eigenvalue weighted by molar-refractivity contribution is 5.94. The maximum absolute atomic E-state index is 12.9. The number of amides is 2. The number of carbonyl (C=O) groups is 2. The summed E-state index contributed by atoms with van der Waals surface area (Å²) in [4.78, 5) is 24.9. The van der Waals surface area contributed by atoms with Gasteiger partial charge in [-0.05, 0) is 42.0 Å². The number of carbonyl (C=O) groups excluding carboxylic acids is 2. The van der Waals surface area contributed by atoms with Crippen molar-refractivity contribution in [3.05, 3.63) is 53.8 Å². The third-order valence-corrected chi connectivity index (χ3v) is 4.32. The molecule has 2 aromatic carbocycles. The Balaban J connectivity index is 1.71. The molecule has 0 heterocycles. The van der Waals surface area contributed by atoms with Crippen molar-refractivity contribution >= 4 is 17.5 Å². The molecular formula is C21H27FN3O4+. The number of benzene rings is 2. The Morgan fingerprint density at radius 2 is 1.69 bits per heavy atom. The lowest BCUT2D eigenvalue weighted by atomic mass is 10.1. The van der Waals surface area contributed by atoms with Crippen molar-refractivity contribution in [2.24, 2.45) is 0 Å². The van der Waals surface area contributed by atoms with Crippen LogP contribution in [0.15, 0.2) is 42.5 Å². The minimum Gasteiger partial charge on any atom is -0.493 e. The van der Waals surface area contributed by atoms with Crippen molar-refractivity contribution in [2.75, 3.05) is 46.2 Å². The van der Waals surface area contributed by atoms with E-state index >= 15 is 0 Å². The fraction of sp³-hybridized carbons (Fsp3) is 0.333. The molecule has 1 unspecified atom stereocenters. The highest BCUT2D eigenvalue weighted by Crippen LogP contribution is 2.27. The van der Waals surface area contributed by atoms with Crippen molar-refractivity contribution in [2.45, 2.75) is 6.42 Å². The summed E-state index contributed by atoms with van der Waals surface area (Å²) in [5.41, 5.74) is 1.56. The molecule has 2 aromatic rings. The smallest absolute Gasteiger partial charge is 0.275 e. The zero-order valence-electron chi connectivity index (χ0n) is 16.9. The predicted molar refractivity (Wildman–Crippen MR) is 108 cm³/mol. The number of rotatable bonds is 10. The molecule has 0 spiro atoms. The summed E-state index contributed by atoms with van der Waals surface area (Å²) in [6.07, 6.45) is 0.768. The monoisotopic (exact) mass is 404 g/mol. The highest BCUT2D eigenvalue weighted by Gasteiger charge is 2.12. The van der Waals surface area contributed by atoms with Gasteiger partial charge >= 0.3 is 0 Å². The molecule has 0 bridgehead atoms. The Bertz CT molecular complexity index is 827. The molecule has 1 atom stereocenters. The van der Waals surface area contributed by atoms with E-state index in [1.807, 2.05) is 25.2 Å². The minimum atomic E-state index is -0.379. The molecule has 0 saturated heterocycles. The number of hydrogen-bond acceptors (Lipinski definition) is 4. The van der Waals surface area contributed by atoms with Crippen LogP contribution in [0.4, 0.5) is 10.1 Å². The number of likely N-dealkylation sites (N-methyl/N-ethyl adjacent to an activating group) is 1. The van der Waals surface area contributed by atoms with Crippen molar-refractivity contribution in [3.8, 4) is 11.5 Å². The van der Waals surface area contributed by atoms with E-state index in [2.05, 4.69) is 10.6 Å². The molecule has 0 fully saturated rings. The van der Waals surface area contributed by atoms with Gasteiger partial charge in [-0.2, -0.15) is 0 Å². The third-order valence-electron chi connectivity index (χ3n) is 4.32. The summed E-state index contributed by atoms with van der Waals surface area (Å²) >= 11 is 0. The topological polar surface area (TPSA) is 81.1 Å². The zero-order valence-corrected chi connectivity index (χ0v) is 16.9. The molecule has 8 heteroatoms. The molecule has 0 radical (unpaired) electrons. The molecule has 0 aliphatic carbocycles. The second-order valence-corrected chi connectivity index (χ2v) is 6.66. The number of anilines is 1. The fourth-order valence-corrected chi connectivity index (χ4v) is 2.74. The van der Waals surface area contributed by atoms with Gasteiger partial charge in [0.25, 0.3) is 5.91 Å². The Morgan fingerprint density at radius 3 is 2.34 bits per heavy atom. The van der Waals surface area contributed by atoms with Crippen molar-refractivity contribution in [1.82, 2.24) is 5.32 Å². The molecule has 7 nitrogen and oxygen atoms in total. The van der Waals surface area contributed by atoms with Gasteiger partial charge in [0.1, 0.15) is 5.82 Å². The van der Waals surface area contributed by atoms with Gasteiger partial charge < -0.3 is 25.0 Å². The van der Waals surface area contributed by atoms with Crippen LogP contribution < -0.4 is 25.0 Å². The molecule has 156 valence electrons. The van der Waals surface area contributed by atoms with Crippen LogP contribution in [-0.4, -0.2) is 52.7 Å². The molecule has 29 heavy (non-hydrogen) atoms. The van der Waals surface area contributed by atoms with Crippen LogP contribution in [0.1, 0.15) is 5.56 Å². The first-order chi connectivity index (χ1) is 13.9. The molecule has 3 N–H and O–H groups in total. The fourth-order valence-electron chi connectivity index (χ4n) is 2.74. The average Bonchev–Trinajstić information content (AvgIpc) is 2.72. The number of ether oxygens (including phenoxy) is 2. The van der Waals surface area contributed by atoms with Gasteiger partial charge in [0, 0.05) is 12.1 Å². The van der Waals surface area contributed by atoms with Gasteiger partial charge in [-0.25, -0.2) is 4.39 Å². The van der Waals surface area contributed by atoms with Crippen LogP contribution in [0.3, 0.4) is 0 Å². The Hall–Kier alpha value is -3.13. The summed E-state index contributed by atoms with van der Waals surface area (Å²) in [6, 6.07) is 11.2. The predicted octanol–water partition coefficient (Wildman–Crippen LogP) is 0.655. The van der Waals surface area contributed by atoms with Crippen LogP contribution in [-0.2, 0) is 16.0 Å². The summed E-state index contributed by atoms with van der Waals surface area (Å²) in [7, 11) is 5.10. The standard InChI is InChI=1S/C21H26FN3O4/c1-25(11-10-15-4-9-18(28-2)19(12-15)29-3)14-21(27)23-13-20(26)24-17-7-5-16(22)6-8-17/h4-9,12H,10-11,13-14H2,1-3H3,(H,23,27)(H,24,26)/p+1. The van der Waals surface area contributed by atoms with Crippen LogP contribution >= 0.6 is 0 Å². The van der Waals surface area contributed by atoms with E-state index < -0.39 is 0 Å². The lowest BCUT2D eigenvalue weighted by Crippen LogP contribution is -3.10. The molecule has 2 rings (SSSR count). The van der Waals surface area contributed by atoms with Crippen LogP contribution in [0.25, 0.3) is 0 Å². The number of halogens is 1. The summed E-state index contributed by atoms with van der Waals surface area (Å²) in [6.45, 7) is 0.848. The van der Waals surface area contributed by atoms with Crippen molar-refractivity contribution in [3.63, 3.8) is 0 Å². The second kappa shape index (κ2) is 11.0. The average molecular weight is 404 g/mol. The van der Waals surface area contributed by atoms with E-state index in [-0.39, 0.29) is 30.7 Å². The number of hydrogen-bond donors (Lipinski definition) is 3. The summed E-state index contributed by atoms with van der Waals surface area (Å²) < 4.78 is 23.4. The number of quaternary nitrogens is 1. The van der Waals surface area contributed by atoms with Gasteiger partial charge in [-0.1, -0.05) is 6.07 Å². The minimum absolute atomic E-state index is 0.140. The van der Waals surface area contributed by atoms with Crippen molar-refractivity contribution < 1.29 is 28.4 Å². The Kier molecular flexibility index (Phi) is 8.42. The maximum Gasteiger partial charge on any atom is 0.275 e. The number of nitrogens with one attached hydrogen (secondary N) is 3. The van der Waals surface area contributed by atoms with Gasteiger partial charge in [0.05, 0.1) is 34.4 Å². The van der Waals surface area contributed by atoms with E-state index in [1.54, 1.807) is 14.2 Å². The maximum atomic E-state index is 12.9. The number of methoxy groups -OCH3 is 2. The summed E-state index contributed by atoms with van der Waals surface area (Å²) in [5, 5.41) is 5.19. The van der Waals surface area contributed by atoms with E-state index in [4.69, 9.17) is 9.47 Å². The van der Waals surface area contributed by atoms with Gasteiger partial charge in [0.15, 0.2) is 18.0 Å². The van der Waals surface area contributed by atoms with Crippen LogP contribution in [0.5, 0.6) is 11.5 Å².